The van der Waals surface area contributed by atoms with Crippen LogP contribution in [0.3, 0.4) is 0 Å². The summed E-state index contributed by atoms with van der Waals surface area (Å²) >= 11 is 0. The first-order valence-corrected chi connectivity index (χ1v) is 16.2. The van der Waals surface area contributed by atoms with E-state index in [-0.39, 0.29) is 0 Å². The van der Waals surface area contributed by atoms with E-state index in [9.17, 15) is 0 Å². The van der Waals surface area contributed by atoms with Crippen molar-refractivity contribution in [2.45, 2.75) is 51.1 Å². The number of rotatable bonds is 16. The molecule has 0 saturated carbocycles. The van der Waals surface area contributed by atoms with Crippen molar-refractivity contribution in [1.82, 2.24) is 20.4 Å². The second kappa shape index (κ2) is 13.4. The minimum absolute atomic E-state index is 1.08. The topological polar surface area (TPSA) is 39.8 Å². The Labute approximate surface area is 160 Å². The molecule has 0 spiro atoms. The van der Waals surface area contributed by atoms with Gasteiger partial charge in [-0.05, 0) is 92.4 Å². The maximum atomic E-state index is 6.72. The Bertz CT molecular complexity index is 296. The zero-order valence-corrected chi connectivity index (χ0v) is 20.4. The lowest BCUT2D eigenvalue weighted by atomic mass is 10.4. The van der Waals surface area contributed by atoms with E-state index >= 15 is 0 Å². The van der Waals surface area contributed by atoms with Crippen LogP contribution in [0.15, 0.2) is 0 Å². The van der Waals surface area contributed by atoms with E-state index in [1.54, 1.807) is 0 Å². The summed E-state index contributed by atoms with van der Waals surface area (Å²) in [5.41, 5.74) is 0. The molecule has 0 saturated heterocycles. The molecule has 25 heavy (non-hydrogen) atoms. The van der Waals surface area contributed by atoms with Crippen molar-refractivity contribution in [3.05, 3.63) is 0 Å². The highest BCUT2D eigenvalue weighted by atomic mass is 28.4. The molecule has 0 aliphatic heterocycles. The number of hydrogen-bond acceptors (Lipinski definition) is 5. The van der Waals surface area contributed by atoms with Gasteiger partial charge in [0.1, 0.15) is 0 Å². The average Bonchev–Trinajstić information content (AvgIpc) is 2.44. The summed E-state index contributed by atoms with van der Waals surface area (Å²) in [6, 6.07) is 2.53. The Morgan fingerprint density at radius 2 is 1.00 bits per heavy atom. The molecule has 152 valence electrons. The fraction of sp³-hybridized carbons (Fsp3) is 1.00. The van der Waals surface area contributed by atoms with E-state index in [2.05, 4.69) is 74.8 Å². The Morgan fingerprint density at radius 1 is 0.640 bits per heavy atom. The van der Waals surface area contributed by atoms with Gasteiger partial charge in [0, 0.05) is 26.2 Å². The number of nitrogens with one attached hydrogen (secondary N) is 2. The predicted octanol–water partition coefficient (Wildman–Crippen LogP) is 2.50. The largest absolute Gasteiger partial charge is 0.455 e. The third kappa shape index (κ3) is 17.4. The SMILES string of the molecule is CN(C)CCNCCC[Si](C)(C)O[Si](C)(C)CCCNCCN(C)C. The molecule has 0 amide bonds. The van der Waals surface area contributed by atoms with Crippen molar-refractivity contribution in [2.24, 2.45) is 0 Å². The molecule has 0 fully saturated rings. The number of hydrogen-bond donors (Lipinski definition) is 2. The van der Waals surface area contributed by atoms with Crippen LogP contribution in [0.5, 0.6) is 0 Å². The third-order valence-electron chi connectivity index (χ3n) is 4.29. The van der Waals surface area contributed by atoms with Gasteiger partial charge in [0.25, 0.3) is 0 Å². The first-order chi connectivity index (χ1) is 11.5. The van der Waals surface area contributed by atoms with Crippen LogP contribution >= 0.6 is 0 Å². The number of nitrogens with zero attached hydrogens (tertiary/aromatic N) is 2. The highest BCUT2D eigenvalue weighted by Crippen LogP contribution is 2.23. The molecule has 0 aromatic heterocycles. The Morgan fingerprint density at radius 3 is 1.32 bits per heavy atom. The highest BCUT2D eigenvalue weighted by Gasteiger charge is 2.32. The van der Waals surface area contributed by atoms with E-state index < -0.39 is 16.6 Å². The quantitative estimate of drug-likeness (QED) is 0.313. The van der Waals surface area contributed by atoms with Gasteiger partial charge in [0.05, 0.1) is 0 Å². The second-order valence-corrected chi connectivity index (χ2v) is 17.8. The minimum atomic E-state index is -1.53. The maximum Gasteiger partial charge on any atom is 0.173 e. The van der Waals surface area contributed by atoms with E-state index in [1.165, 1.54) is 24.9 Å². The lowest BCUT2D eigenvalue weighted by Gasteiger charge is -2.34. The van der Waals surface area contributed by atoms with Crippen molar-refractivity contribution >= 4 is 16.6 Å². The zero-order chi connectivity index (χ0) is 19.3. The molecule has 0 unspecified atom stereocenters. The molecule has 0 bridgehead atoms. The lowest BCUT2D eigenvalue weighted by Crippen LogP contribution is -2.44. The van der Waals surface area contributed by atoms with E-state index in [0.29, 0.717) is 0 Å². The Balaban J connectivity index is 3.84. The fourth-order valence-corrected chi connectivity index (χ4v) is 11.8. The molecule has 0 aliphatic carbocycles. The lowest BCUT2D eigenvalue weighted by molar-refractivity contribution is 0.399. The predicted molar refractivity (Wildman–Crippen MR) is 118 cm³/mol. The van der Waals surface area contributed by atoms with Gasteiger partial charge in [-0.1, -0.05) is 0 Å². The van der Waals surface area contributed by atoms with Crippen LogP contribution in [0.1, 0.15) is 12.8 Å². The van der Waals surface area contributed by atoms with E-state index in [0.717, 1.165) is 39.3 Å². The van der Waals surface area contributed by atoms with Gasteiger partial charge in [-0.2, -0.15) is 0 Å². The van der Waals surface area contributed by atoms with Crippen LogP contribution in [0.25, 0.3) is 0 Å². The Kier molecular flexibility index (Phi) is 13.5. The summed E-state index contributed by atoms with van der Waals surface area (Å²) < 4.78 is 6.72. The summed E-state index contributed by atoms with van der Waals surface area (Å²) in [6.07, 6.45) is 2.48. The van der Waals surface area contributed by atoms with Crippen molar-refractivity contribution in [1.29, 1.82) is 0 Å². The van der Waals surface area contributed by atoms with Gasteiger partial charge in [-0.3, -0.25) is 0 Å². The van der Waals surface area contributed by atoms with Crippen molar-refractivity contribution in [3.8, 4) is 0 Å². The molecular weight excluding hydrogens is 344 g/mol. The summed E-state index contributed by atoms with van der Waals surface area (Å²) in [5, 5.41) is 7.08. The van der Waals surface area contributed by atoms with Gasteiger partial charge in [-0.25, -0.2) is 0 Å². The smallest absolute Gasteiger partial charge is 0.173 e. The highest BCUT2D eigenvalue weighted by molar-refractivity contribution is 6.84. The van der Waals surface area contributed by atoms with Crippen LogP contribution in [0, 0.1) is 0 Å². The molecule has 0 rings (SSSR count). The normalized spacial score (nSPS) is 13.2. The molecule has 2 N–H and O–H groups in total. The maximum absolute atomic E-state index is 6.72. The molecule has 0 aromatic carbocycles. The molecule has 0 radical (unpaired) electrons. The van der Waals surface area contributed by atoms with Crippen molar-refractivity contribution in [2.75, 3.05) is 67.5 Å². The van der Waals surface area contributed by atoms with Crippen LogP contribution < -0.4 is 10.6 Å². The molecule has 0 atom stereocenters. The summed E-state index contributed by atoms with van der Waals surface area (Å²) in [5.74, 6) is 0. The van der Waals surface area contributed by atoms with Crippen LogP contribution in [-0.2, 0) is 4.12 Å². The molecule has 7 heteroatoms. The second-order valence-electron chi connectivity index (χ2n) is 8.94. The number of likely N-dealkylation sites (N-methyl/N-ethyl adjacent to an activating group) is 2. The van der Waals surface area contributed by atoms with Gasteiger partial charge in [0.15, 0.2) is 16.6 Å². The zero-order valence-electron chi connectivity index (χ0n) is 18.4. The first-order valence-electron chi connectivity index (χ1n) is 9.95. The van der Waals surface area contributed by atoms with Gasteiger partial charge in [0.2, 0.25) is 0 Å². The molecular formula is C18H46N4OSi2. The summed E-state index contributed by atoms with van der Waals surface area (Å²) in [7, 11) is 5.43. The standard InChI is InChI=1S/C18H46N4OSi2/c1-21(2)15-13-19-11-9-17-24(5,6)23-25(7,8)18-10-12-20-14-16-22(3)4/h19-20H,9-18H2,1-8H3. The average molecular weight is 391 g/mol. The minimum Gasteiger partial charge on any atom is -0.455 e. The Hall–Kier alpha value is 0.234. The molecule has 0 heterocycles. The molecule has 5 nitrogen and oxygen atoms in total. The van der Waals surface area contributed by atoms with Crippen LogP contribution in [-0.4, -0.2) is 93.9 Å². The van der Waals surface area contributed by atoms with Gasteiger partial charge in [-0.15, -0.1) is 0 Å². The van der Waals surface area contributed by atoms with Crippen molar-refractivity contribution < 1.29 is 4.12 Å². The molecule has 0 aliphatic rings. The molecule has 0 aromatic rings. The van der Waals surface area contributed by atoms with E-state index in [1.807, 2.05) is 0 Å². The third-order valence-corrected chi connectivity index (χ3v) is 11.8. The fourth-order valence-electron chi connectivity index (χ4n) is 2.98. The van der Waals surface area contributed by atoms with Gasteiger partial charge >= 0.3 is 0 Å². The van der Waals surface area contributed by atoms with Crippen molar-refractivity contribution in [3.63, 3.8) is 0 Å². The summed E-state index contributed by atoms with van der Waals surface area (Å²) in [6.45, 7) is 16.2. The summed E-state index contributed by atoms with van der Waals surface area (Å²) in [4.78, 5) is 4.44. The van der Waals surface area contributed by atoms with Crippen LogP contribution in [0.2, 0.25) is 38.3 Å². The van der Waals surface area contributed by atoms with Crippen LogP contribution in [0.4, 0.5) is 0 Å². The monoisotopic (exact) mass is 390 g/mol. The first kappa shape index (κ1) is 25.2. The van der Waals surface area contributed by atoms with E-state index in [4.69, 9.17) is 4.12 Å². The van der Waals surface area contributed by atoms with Gasteiger partial charge < -0.3 is 24.5 Å².